The smallest absolute Gasteiger partial charge is 0.305 e. The number of esters is 1. The Labute approximate surface area is 152 Å². The first-order chi connectivity index (χ1) is 12.4. The Balaban J connectivity index is 1.77. The predicted molar refractivity (Wildman–Crippen MR) is 94.4 cm³/mol. The van der Waals surface area contributed by atoms with E-state index in [0.29, 0.717) is 31.2 Å². The fraction of sp³-hybridized carbons (Fsp3) is 0.450. The first kappa shape index (κ1) is 18.3. The molecule has 1 aromatic carbocycles. The van der Waals surface area contributed by atoms with Crippen LogP contribution in [0.3, 0.4) is 0 Å². The molecule has 1 aromatic heterocycles. The zero-order chi connectivity index (χ0) is 18.7. The van der Waals surface area contributed by atoms with Gasteiger partial charge in [0, 0.05) is 17.8 Å². The van der Waals surface area contributed by atoms with Crippen LogP contribution in [0.5, 0.6) is 5.75 Å². The van der Waals surface area contributed by atoms with Gasteiger partial charge in [-0.25, -0.2) is 14.4 Å². The molecular formula is C20H23FN2O3. The predicted octanol–water partition coefficient (Wildman–Crippen LogP) is 3.52. The molecule has 138 valence electrons. The van der Waals surface area contributed by atoms with E-state index >= 15 is 0 Å². The van der Waals surface area contributed by atoms with E-state index in [0.717, 1.165) is 17.7 Å². The Morgan fingerprint density at radius 2 is 2.19 bits per heavy atom. The maximum Gasteiger partial charge on any atom is 0.305 e. The summed E-state index contributed by atoms with van der Waals surface area (Å²) in [6.07, 6.45) is 2.78. The van der Waals surface area contributed by atoms with E-state index < -0.39 is 0 Å². The monoisotopic (exact) mass is 358 g/mol. The maximum absolute atomic E-state index is 13.7. The molecule has 0 unspecified atom stereocenters. The van der Waals surface area contributed by atoms with Gasteiger partial charge in [-0.2, -0.15) is 0 Å². The van der Waals surface area contributed by atoms with Gasteiger partial charge in [-0.3, -0.25) is 4.79 Å². The summed E-state index contributed by atoms with van der Waals surface area (Å²) in [5.74, 6) is 0.890. The van der Waals surface area contributed by atoms with Gasteiger partial charge in [0.15, 0.2) is 5.75 Å². The van der Waals surface area contributed by atoms with Gasteiger partial charge in [0.2, 0.25) is 0 Å². The van der Waals surface area contributed by atoms with Crippen molar-refractivity contribution in [2.75, 3.05) is 13.2 Å². The van der Waals surface area contributed by atoms with Gasteiger partial charge in [-0.05, 0) is 38.0 Å². The second-order valence-electron chi connectivity index (χ2n) is 6.76. The Morgan fingerprint density at radius 1 is 1.38 bits per heavy atom. The summed E-state index contributed by atoms with van der Waals surface area (Å²) in [5.41, 5.74) is 1.26. The van der Waals surface area contributed by atoms with Gasteiger partial charge < -0.3 is 9.47 Å². The number of aryl methyl sites for hydroxylation is 2. The van der Waals surface area contributed by atoms with Crippen molar-refractivity contribution in [1.82, 2.24) is 9.97 Å². The number of benzene rings is 1. The first-order valence-electron chi connectivity index (χ1n) is 8.79. The summed E-state index contributed by atoms with van der Waals surface area (Å²) in [7, 11) is 0. The summed E-state index contributed by atoms with van der Waals surface area (Å²) in [4.78, 5) is 19.9. The molecule has 1 heterocycles. The number of rotatable bonds is 7. The molecule has 0 spiro atoms. The highest BCUT2D eigenvalue weighted by Gasteiger charge is 2.56. The Morgan fingerprint density at radius 3 is 2.88 bits per heavy atom. The van der Waals surface area contributed by atoms with Gasteiger partial charge in [-0.15, -0.1) is 0 Å². The highest BCUT2D eigenvalue weighted by molar-refractivity contribution is 5.68. The van der Waals surface area contributed by atoms with Gasteiger partial charge in [0.25, 0.3) is 0 Å². The standard InChI is InChI=1S/C20H23FN2O3/c1-4-19(24)25-11-16-9-20(16,15-6-5-7-17(21)8-15)12-26-18-10-22-14(3)23-13(18)2/h5-8,10,16H,4,9,11-12H2,1-3H3/t16-,20+/m0/s1. The van der Waals surface area contributed by atoms with Crippen LogP contribution in [0.1, 0.15) is 36.8 Å². The molecule has 0 aliphatic heterocycles. The number of hydrogen-bond acceptors (Lipinski definition) is 5. The number of ether oxygens (including phenoxy) is 2. The topological polar surface area (TPSA) is 61.3 Å². The Kier molecular flexibility index (Phi) is 5.20. The van der Waals surface area contributed by atoms with Crippen molar-refractivity contribution < 1.29 is 18.7 Å². The molecule has 0 saturated heterocycles. The van der Waals surface area contributed by atoms with Crippen LogP contribution < -0.4 is 4.74 Å². The first-order valence-corrected chi connectivity index (χ1v) is 8.79. The van der Waals surface area contributed by atoms with Crippen LogP contribution >= 0.6 is 0 Å². The zero-order valence-electron chi connectivity index (χ0n) is 15.3. The third kappa shape index (κ3) is 3.84. The Bertz CT molecular complexity index is 811. The molecule has 1 aliphatic carbocycles. The molecule has 3 rings (SSSR count). The van der Waals surface area contributed by atoms with E-state index in [2.05, 4.69) is 9.97 Å². The fourth-order valence-electron chi connectivity index (χ4n) is 3.23. The summed E-state index contributed by atoms with van der Waals surface area (Å²) >= 11 is 0. The zero-order valence-corrected chi connectivity index (χ0v) is 15.3. The molecule has 26 heavy (non-hydrogen) atoms. The molecular weight excluding hydrogens is 335 g/mol. The number of nitrogens with zero attached hydrogens (tertiary/aromatic N) is 2. The van der Waals surface area contributed by atoms with Crippen molar-refractivity contribution in [3.8, 4) is 5.75 Å². The minimum atomic E-state index is -0.368. The largest absolute Gasteiger partial charge is 0.489 e. The normalized spacial score (nSPS) is 21.3. The van der Waals surface area contributed by atoms with Gasteiger partial charge in [0.1, 0.15) is 11.6 Å². The lowest BCUT2D eigenvalue weighted by atomic mass is 9.94. The minimum Gasteiger partial charge on any atom is -0.489 e. The third-order valence-electron chi connectivity index (χ3n) is 4.91. The molecule has 1 saturated carbocycles. The number of carbonyl (C=O) groups excluding carboxylic acids is 1. The van der Waals surface area contributed by atoms with Crippen LogP contribution in [0.25, 0.3) is 0 Å². The van der Waals surface area contributed by atoms with E-state index in [1.54, 1.807) is 19.2 Å². The van der Waals surface area contributed by atoms with E-state index in [-0.39, 0.29) is 23.1 Å². The molecule has 0 N–H and O–H groups in total. The molecule has 0 amide bonds. The van der Waals surface area contributed by atoms with Crippen molar-refractivity contribution in [2.24, 2.45) is 5.92 Å². The van der Waals surface area contributed by atoms with Gasteiger partial charge >= 0.3 is 5.97 Å². The van der Waals surface area contributed by atoms with Crippen LogP contribution in [0.15, 0.2) is 30.5 Å². The van der Waals surface area contributed by atoms with Crippen molar-refractivity contribution >= 4 is 5.97 Å². The summed E-state index contributed by atoms with van der Waals surface area (Å²) in [5, 5.41) is 0. The van der Waals surface area contributed by atoms with Gasteiger partial charge in [0.05, 0.1) is 25.1 Å². The highest BCUT2D eigenvalue weighted by Crippen LogP contribution is 2.54. The molecule has 0 bridgehead atoms. The lowest BCUT2D eigenvalue weighted by Gasteiger charge is -2.20. The van der Waals surface area contributed by atoms with E-state index in [1.165, 1.54) is 12.1 Å². The quantitative estimate of drug-likeness (QED) is 0.709. The van der Waals surface area contributed by atoms with Crippen molar-refractivity contribution in [1.29, 1.82) is 0 Å². The van der Waals surface area contributed by atoms with E-state index in [9.17, 15) is 9.18 Å². The van der Waals surface area contributed by atoms with Crippen molar-refractivity contribution in [2.45, 2.75) is 39.0 Å². The average molecular weight is 358 g/mol. The number of carbonyl (C=O) groups is 1. The SMILES string of the molecule is CCC(=O)OC[C@@H]1C[C@@]1(COc1cnc(C)nc1C)c1cccc(F)c1. The third-order valence-corrected chi connectivity index (χ3v) is 4.91. The molecule has 1 fully saturated rings. The van der Waals surface area contributed by atoms with Crippen LogP contribution in [0.4, 0.5) is 4.39 Å². The van der Waals surface area contributed by atoms with Crippen LogP contribution in [0.2, 0.25) is 0 Å². The second kappa shape index (κ2) is 7.40. The lowest BCUT2D eigenvalue weighted by Crippen LogP contribution is -2.23. The maximum atomic E-state index is 13.7. The fourth-order valence-corrected chi connectivity index (χ4v) is 3.23. The molecule has 2 atom stereocenters. The van der Waals surface area contributed by atoms with Crippen LogP contribution in [-0.2, 0) is 14.9 Å². The average Bonchev–Trinajstić information content (AvgIpc) is 3.33. The van der Waals surface area contributed by atoms with E-state index in [1.807, 2.05) is 19.9 Å². The van der Waals surface area contributed by atoms with Gasteiger partial charge in [-0.1, -0.05) is 19.1 Å². The van der Waals surface area contributed by atoms with Crippen molar-refractivity contribution in [3.63, 3.8) is 0 Å². The molecule has 6 heteroatoms. The van der Waals surface area contributed by atoms with Crippen LogP contribution in [0, 0.1) is 25.6 Å². The molecule has 2 aromatic rings. The molecule has 0 radical (unpaired) electrons. The minimum absolute atomic E-state index is 0.103. The number of aromatic nitrogens is 2. The number of hydrogen-bond donors (Lipinski definition) is 0. The molecule has 5 nitrogen and oxygen atoms in total. The van der Waals surface area contributed by atoms with Crippen molar-refractivity contribution in [3.05, 3.63) is 53.4 Å². The lowest BCUT2D eigenvalue weighted by molar-refractivity contribution is -0.143. The second-order valence-corrected chi connectivity index (χ2v) is 6.76. The number of halogens is 1. The Hall–Kier alpha value is -2.50. The molecule has 1 aliphatic rings. The summed E-state index contributed by atoms with van der Waals surface area (Å²) in [6.45, 7) is 6.13. The van der Waals surface area contributed by atoms with E-state index in [4.69, 9.17) is 9.47 Å². The highest BCUT2D eigenvalue weighted by atomic mass is 19.1. The summed E-state index contributed by atoms with van der Waals surface area (Å²) in [6, 6.07) is 6.54. The summed E-state index contributed by atoms with van der Waals surface area (Å²) < 4.78 is 25.0. The van der Waals surface area contributed by atoms with Crippen LogP contribution in [-0.4, -0.2) is 29.2 Å².